The summed E-state index contributed by atoms with van der Waals surface area (Å²) in [6.07, 6.45) is 2.68. The number of rotatable bonds is 4. The van der Waals surface area contributed by atoms with Crippen LogP contribution in [-0.4, -0.2) is 33.5 Å². The Hall–Kier alpha value is -1.88. The van der Waals surface area contributed by atoms with Gasteiger partial charge in [-0.1, -0.05) is 0 Å². The first-order chi connectivity index (χ1) is 9.11. The number of nitrogens with one attached hydrogen (secondary N) is 1. The molecule has 1 N–H and O–H groups in total. The van der Waals surface area contributed by atoms with Gasteiger partial charge in [-0.3, -0.25) is 0 Å². The molecule has 0 atom stereocenters. The van der Waals surface area contributed by atoms with Crippen LogP contribution in [0.25, 0.3) is 11.5 Å². The van der Waals surface area contributed by atoms with Crippen molar-refractivity contribution in [1.82, 2.24) is 25.3 Å². The van der Waals surface area contributed by atoms with Crippen molar-refractivity contribution in [2.24, 2.45) is 0 Å². The van der Waals surface area contributed by atoms with E-state index in [2.05, 4.69) is 25.3 Å². The van der Waals surface area contributed by atoms with Crippen molar-refractivity contribution in [3.63, 3.8) is 0 Å². The molecule has 0 aliphatic carbocycles. The largest absolute Gasteiger partial charge is 0.319 e. The highest BCUT2D eigenvalue weighted by atomic mass is 15.0. The van der Waals surface area contributed by atoms with Crippen molar-refractivity contribution in [2.75, 3.05) is 13.6 Å². The zero-order valence-corrected chi connectivity index (χ0v) is 11.9. The minimum atomic E-state index is 0.675. The van der Waals surface area contributed by atoms with E-state index in [1.807, 2.05) is 33.9 Å². The molecule has 0 aromatic carbocycles. The Morgan fingerprint density at radius 3 is 2.32 bits per heavy atom. The van der Waals surface area contributed by atoms with Gasteiger partial charge in [-0.15, -0.1) is 0 Å². The summed E-state index contributed by atoms with van der Waals surface area (Å²) in [5.74, 6) is 1.41. The van der Waals surface area contributed by atoms with Crippen LogP contribution < -0.4 is 5.32 Å². The van der Waals surface area contributed by atoms with Gasteiger partial charge in [-0.25, -0.2) is 19.9 Å². The molecule has 0 amide bonds. The minimum Gasteiger partial charge on any atom is -0.319 e. The zero-order valence-electron chi connectivity index (χ0n) is 11.9. The van der Waals surface area contributed by atoms with Crippen molar-refractivity contribution >= 4 is 0 Å². The summed E-state index contributed by atoms with van der Waals surface area (Å²) < 4.78 is 0. The lowest BCUT2D eigenvalue weighted by Gasteiger charge is -2.10. The van der Waals surface area contributed by atoms with E-state index in [1.54, 1.807) is 6.20 Å². The molecule has 5 nitrogen and oxygen atoms in total. The Morgan fingerprint density at radius 2 is 1.74 bits per heavy atom. The van der Waals surface area contributed by atoms with Crippen molar-refractivity contribution in [2.45, 2.75) is 27.2 Å². The predicted octanol–water partition coefficient (Wildman–Crippen LogP) is 1.62. The van der Waals surface area contributed by atoms with E-state index in [0.29, 0.717) is 5.82 Å². The summed E-state index contributed by atoms with van der Waals surface area (Å²) in [4.78, 5) is 17.6. The van der Waals surface area contributed by atoms with Gasteiger partial charge in [0.1, 0.15) is 11.5 Å². The van der Waals surface area contributed by atoms with Crippen LogP contribution in [0.1, 0.15) is 22.8 Å². The minimum absolute atomic E-state index is 0.675. The molecule has 0 spiro atoms. The van der Waals surface area contributed by atoms with E-state index in [0.717, 1.165) is 35.9 Å². The number of likely N-dealkylation sites (N-methyl/N-ethyl adjacent to an activating group) is 1. The van der Waals surface area contributed by atoms with Gasteiger partial charge in [-0.05, 0) is 52.4 Å². The third-order valence-corrected chi connectivity index (χ3v) is 3.05. The molecule has 19 heavy (non-hydrogen) atoms. The fourth-order valence-electron chi connectivity index (χ4n) is 2.05. The lowest BCUT2D eigenvalue weighted by atomic mass is 10.1. The van der Waals surface area contributed by atoms with E-state index < -0.39 is 0 Å². The Bertz CT molecular complexity index is 557. The monoisotopic (exact) mass is 257 g/mol. The SMILES string of the molecule is CNCCc1c(C)nc(-c2ccnc(C)n2)nc1C. The number of hydrogen-bond donors (Lipinski definition) is 1. The molecule has 2 aromatic rings. The lowest BCUT2D eigenvalue weighted by Crippen LogP contribution is -2.13. The summed E-state index contributed by atoms with van der Waals surface area (Å²) in [6.45, 7) is 6.84. The Morgan fingerprint density at radius 1 is 1.05 bits per heavy atom. The molecule has 2 rings (SSSR count). The topological polar surface area (TPSA) is 63.6 Å². The van der Waals surface area contributed by atoms with Gasteiger partial charge in [0.15, 0.2) is 5.82 Å². The maximum absolute atomic E-state index is 4.57. The van der Waals surface area contributed by atoms with Gasteiger partial charge in [0.25, 0.3) is 0 Å². The molecule has 0 unspecified atom stereocenters. The van der Waals surface area contributed by atoms with Gasteiger partial charge in [0.05, 0.1) is 0 Å². The second-order valence-corrected chi connectivity index (χ2v) is 4.54. The van der Waals surface area contributed by atoms with Crippen molar-refractivity contribution < 1.29 is 0 Å². The van der Waals surface area contributed by atoms with E-state index in [9.17, 15) is 0 Å². The van der Waals surface area contributed by atoms with E-state index in [1.165, 1.54) is 5.56 Å². The fraction of sp³-hybridized carbons (Fsp3) is 0.429. The van der Waals surface area contributed by atoms with Gasteiger partial charge in [0, 0.05) is 17.6 Å². The summed E-state index contributed by atoms with van der Waals surface area (Å²) >= 11 is 0. The number of aryl methyl sites for hydroxylation is 3. The van der Waals surface area contributed by atoms with Crippen LogP contribution in [0.5, 0.6) is 0 Å². The van der Waals surface area contributed by atoms with Crippen LogP contribution in [0, 0.1) is 20.8 Å². The van der Waals surface area contributed by atoms with Gasteiger partial charge < -0.3 is 5.32 Å². The highest BCUT2D eigenvalue weighted by molar-refractivity contribution is 5.49. The zero-order chi connectivity index (χ0) is 13.8. The summed E-state index contributed by atoms with van der Waals surface area (Å²) in [6, 6.07) is 1.84. The number of aromatic nitrogens is 4. The third kappa shape index (κ3) is 3.12. The summed E-state index contributed by atoms with van der Waals surface area (Å²) in [5.41, 5.74) is 4.03. The summed E-state index contributed by atoms with van der Waals surface area (Å²) in [5, 5.41) is 3.15. The molecule has 100 valence electrons. The highest BCUT2D eigenvalue weighted by Crippen LogP contribution is 2.17. The molecule has 0 saturated carbocycles. The molecule has 2 aromatic heterocycles. The molecule has 0 fully saturated rings. The first-order valence-electron chi connectivity index (χ1n) is 6.40. The maximum atomic E-state index is 4.57. The highest BCUT2D eigenvalue weighted by Gasteiger charge is 2.10. The first-order valence-corrected chi connectivity index (χ1v) is 6.40. The van der Waals surface area contributed by atoms with E-state index >= 15 is 0 Å². The van der Waals surface area contributed by atoms with Crippen LogP contribution >= 0.6 is 0 Å². The quantitative estimate of drug-likeness (QED) is 0.901. The van der Waals surface area contributed by atoms with Crippen LogP contribution in [0.2, 0.25) is 0 Å². The Kier molecular flexibility index (Phi) is 4.16. The molecule has 0 radical (unpaired) electrons. The fourth-order valence-corrected chi connectivity index (χ4v) is 2.05. The second kappa shape index (κ2) is 5.84. The van der Waals surface area contributed by atoms with E-state index in [4.69, 9.17) is 0 Å². The molecular formula is C14H19N5. The maximum Gasteiger partial charge on any atom is 0.178 e. The standard InChI is InChI=1S/C14H19N5/c1-9-12(5-7-15-4)10(2)18-14(17-9)13-6-8-16-11(3)19-13/h6,8,15H,5,7H2,1-4H3. The van der Waals surface area contributed by atoms with Crippen molar-refractivity contribution in [3.8, 4) is 11.5 Å². The second-order valence-electron chi connectivity index (χ2n) is 4.54. The molecule has 0 aliphatic heterocycles. The summed E-state index contributed by atoms with van der Waals surface area (Å²) in [7, 11) is 1.95. The number of hydrogen-bond acceptors (Lipinski definition) is 5. The smallest absolute Gasteiger partial charge is 0.178 e. The average Bonchev–Trinajstić information content (AvgIpc) is 2.37. The van der Waals surface area contributed by atoms with Crippen LogP contribution in [0.3, 0.4) is 0 Å². The molecule has 0 bridgehead atoms. The Balaban J connectivity index is 2.39. The normalized spacial score (nSPS) is 10.7. The molecule has 2 heterocycles. The van der Waals surface area contributed by atoms with Gasteiger partial charge >= 0.3 is 0 Å². The first kappa shape index (κ1) is 13.5. The van der Waals surface area contributed by atoms with Gasteiger partial charge in [-0.2, -0.15) is 0 Å². The van der Waals surface area contributed by atoms with Crippen LogP contribution in [0.4, 0.5) is 0 Å². The lowest BCUT2D eigenvalue weighted by molar-refractivity contribution is 0.774. The van der Waals surface area contributed by atoms with Crippen molar-refractivity contribution in [3.05, 3.63) is 35.0 Å². The van der Waals surface area contributed by atoms with Gasteiger partial charge in [0.2, 0.25) is 0 Å². The molecule has 0 saturated heterocycles. The van der Waals surface area contributed by atoms with Crippen LogP contribution in [0.15, 0.2) is 12.3 Å². The van der Waals surface area contributed by atoms with Crippen molar-refractivity contribution in [1.29, 1.82) is 0 Å². The molecular weight excluding hydrogens is 238 g/mol. The Labute approximate surface area is 113 Å². The molecule has 0 aliphatic rings. The van der Waals surface area contributed by atoms with Crippen LogP contribution in [-0.2, 0) is 6.42 Å². The predicted molar refractivity (Wildman–Crippen MR) is 74.9 cm³/mol. The average molecular weight is 257 g/mol. The van der Waals surface area contributed by atoms with E-state index in [-0.39, 0.29) is 0 Å². The number of nitrogens with zero attached hydrogens (tertiary/aromatic N) is 4. The molecule has 5 heteroatoms. The third-order valence-electron chi connectivity index (χ3n) is 3.05.